The maximum absolute atomic E-state index is 12.5. The number of hydrogen-bond acceptors (Lipinski definition) is 4. The highest BCUT2D eigenvalue weighted by atomic mass is 32.1. The molecule has 1 aromatic carbocycles. The third-order valence-electron chi connectivity index (χ3n) is 3.40. The van der Waals surface area contributed by atoms with Crippen LogP contribution < -0.4 is 5.56 Å². The van der Waals surface area contributed by atoms with Crippen LogP contribution >= 0.6 is 11.3 Å². The van der Waals surface area contributed by atoms with E-state index < -0.39 is 0 Å². The minimum atomic E-state index is -0.0521. The number of nitrogens with zero attached hydrogens (tertiary/aromatic N) is 3. The summed E-state index contributed by atoms with van der Waals surface area (Å²) < 4.78 is 1.56. The smallest absolute Gasteiger partial charge is 0.262 e. The van der Waals surface area contributed by atoms with E-state index in [0.29, 0.717) is 17.5 Å². The van der Waals surface area contributed by atoms with Gasteiger partial charge in [-0.15, -0.1) is 11.3 Å². The first-order chi connectivity index (χ1) is 10.2. The van der Waals surface area contributed by atoms with Crippen molar-refractivity contribution >= 4 is 21.6 Å². The summed E-state index contributed by atoms with van der Waals surface area (Å²) in [5.41, 5.74) is 1.36. The molecule has 2 heterocycles. The molecule has 0 radical (unpaired) electrons. The number of aromatic nitrogens is 2. The molecule has 0 unspecified atom stereocenters. The Labute approximate surface area is 125 Å². The van der Waals surface area contributed by atoms with Gasteiger partial charge in [0.2, 0.25) is 0 Å². The van der Waals surface area contributed by atoms with Crippen LogP contribution in [0.5, 0.6) is 0 Å². The van der Waals surface area contributed by atoms with Crippen LogP contribution in [-0.2, 0) is 13.0 Å². The zero-order valence-corrected chi connectivity index (χ0v) is 12.4. The van der Waals surface area contributed by atoms with E-state index in [1.54, 1.807) is 28.3 Å². The molecular formula is C16H13N3OS. The number of benzene rings is 1. The summed E-state index contributed by atoms with van der Waals surface area (Å²) >= 11 is 1.56. The van der Waals surface area contributed by atoms with Crippen LogP contribution in [0.15, 0.2) is 41.5 Å². The van der Waals surface area contributed by atoms with E-state index in [1.165, 1.54) is 0 Å². The van der Waals surface area contributed by atoms with Crippen molar-refractivity contribution in [1.29, 1.82) is 5.26 Å². The van der Waals surface area contributed by atoms with E-state index >= 15 is 0 Å². The van der Waals surface area contributed by atoms with Gasteiger partial charge >= 0.3 is 0 Å². The second kappa shape index (κ2) is 5.51. The van der Waals surface area contributed by atoms with E-state index in [9.17, 15) is 4.79 Å². The lowest BCUT2D eigenvalue weighted by Gasteiger charge is -2.06. The molecule has 2 aromatic heterocycles. The topological polar surface area (TPSA) is 58.7 Å². The molecule has 0 fully saturated rings. The largest absolute Gasteiger partial charge is 0.294 e. The van der Waals surface area contributed by atoms with E-state index in [-0.39, 0.29) is 5.56 Å². The van der Waals surface area contributed by atoms with Crippen molar-refractivity contribution in [2.45, 2.75) is 19.9 Å². The zero-order valence-electron chi connectivity index (χ0n) is 11.5. The van der Waals surface area contributed by atoms with E-state index in [4.69, 9.17) is 5.26 Å². The Hall–Kier alpha value is -2.45. The lowest BCUT2D eigenvalue weighted by molar-refractivity contribution is 0.748. The van der Waals surface area contributed by atoms with Gasteiger partial charge in [0.25, 0.3) is 5.56 Å². The number of hydrogen-bond donors (Lipinski definition) is 0. The van der Waals surface area contributed by atoms with Gasteiger partial charge in [0.1, 0.15) is 4.83 Å². The molecule has 0 aliphatic rings. The van der Waals surface area contributed by atoms with Gasteiger partial charge in [-0.3, -0.25) is 9.36 Å². The highest BCUT2D eigenvalue weighted by Gasteiger charge is 2.09. The number of thiophene rings is 1. The summed E-state index contributed by atoms with van der Waals surface area (Å²) in [5, 5.41) is 9.78. The molecular weight excluding hydrogens is 282 g/mol. The van der Waals surface area contributed by atoms with Gasteiger partial charge < -0.3 is 0 Å². The maximum Gasteiger partial charge on any atom is 0.262 e. The van der Waals surface area contributed by atoms with Crippen LogP contribution in [0.1, 0.15) is 22.9 Å². The van der Waals surface area contributed by atoms with Crippen LogP contribution in [0.25, 0.3) is 10.2 Å². The van der Waals surface area contributed by atoms with Crippen molar-refractivity contribution in [2.24, 2.45) is 0 Å². The molecule has 3 aromatic rings. The van der Waals surface area contributed by atoms with E-state index in [2.05, 4.69) is 18.0 Å². The van der Waals surface area contributed by atoms with E-state index in [1.807, 2.05) is 24.3 Å². The first-order valence-corrected chi connectivity index (χ1v) is 7.50. The monoisotopic (exact) mass is 295 g/mol. The van der Waals surface area contributed by atoms with Crippen LogP contribution in [0.3, 0.4) is 0 Å². The molecule has 0 saturated carbocycles. The van der Waals surface area contributed by atoms with Crippen LogP contribution in [0, 0.1) is 11.3 Å². The number of nitriles is 1. The van der Waals surface area contributed by atoms with Crippen LogP contribution in [0.4, 0.5) is 0 Å². The molecule has 0 spiro atoms. The Morgan fingerprint density at radius 3 is 2.95 bits per heavy atom. The zero-order chi connectivity index (χ0) is 14.8. The number of rotatable bonds is 3. The predicted molar refractivity (Wildman–Crippen MR) is 83.5 cm³/mol. The van der Waals surface area contributed by atoms with Crippen LogP contribution in [-0.4, -0.2) is 9.55 Å². The molecule has 0 aliphatic carbocycles. The average molecular weight is 295 g/mol. The van der Waals surface area contributed by atoms with Crippen molar-refractivity contribution in [2.75, 3.05) is 0 Å². The Morgan fingerprint density at radius 1 is 1.38 bits per heavy atom. The third kappa shape index (κ3) is 2.46. The fourth-order valence-electron chi connectivity index (χ4n) is 2.25. The summed E-state index contributed by atoms with van der Waals surface area (Å²) in [6.45, 7) is 2.43. The van der Waals surface area contributed by atoms with Gasteiger partial charge in [0.05, 0.1) is 29.9 Å². The highest BCUT2D eigenvalue weighted by molar-refractivity contribution is 7.18. The number of fused-ring (bicyclic) bond motifs is 1. The summed E-state index contributed by atoms with van der Waals surface area (Å²) in [6.07, 6.45) is 2.46. The molecule has 0 aliphatic heterocycles. The summed E-state index contributed by atoms with van der Waals surface area (Å²) in [6, 6.07) is 11.4. The predicted octanol–water partition coefficient (Wildman–Crippen LogP) is 2.94. The fraction of sp³-hybridized carbons (Fsp3) is 0.188. The second-order valence-electron chi connectivity index (χ2n) is 4.73. The Bertz CT molecular complexity index is 902. The van der Waals surface area contributed by atoms with Crippen molar-refractivity contribution in [3.8, 4) is 6.07 Å². The van der Waals surface area contributed by atoms with Gasteiger partial charge in [-0.25, -0.2) is 4.98 Å². The minimum Gasteiger partial charge on any atom is -0.294 e. The van der Waals surface area contributed by atoms with Crippen LogP contribution in [0.2, 0.25) is 0 Å². The van der Waals surface area contributed by atoms with Gasteiger partial charge in [-0.05, 0) is 24.1 Å². The first kappa shape index (κ1) is 13.5. The lowest BCUT2D eigenvalue weighted by Crippen LogP contribution is -2.20. The quantitative estimate of drug-likeness (QED) is 0.746. The summed E-state index contributed by atoms with van der Waals surface area (Å²) in [4.78, 5) is 18.8. The first-order valence-electron chi connectivity index (χ1n) is 6.68. The third-order valence-corrected chi connectivity index (χ3v) is 4.58. The van der Waals surface area contributed by atoms with Crippen molar-refractivity contribution in [3.05, 3.63) is 63.0 Å². The molecule has 0 atom stereocenters. The van der Waals surface area contributed by atoms with Gasteiger partial charge in [-0.1, -0.05) is 25.1 Å². The van der Waals surface area contributed by atoms with Crippen molar-refractivity contribution < 1.29 is 0 Å². The van der Waals surface area contributed by atoms with Gasteiger partial charge in [-0.2, -0.15) is 5.26 Å². The van der Waals surface area contributed by atoms with E-state index in [0.717, 1.165) is 21.7 Å². The summed E-state index contributed by atoms with van der Waals surface area (Å²) in [5.74, 6) is 0. The standard InChI is InChI=1S/C16H13N3OS/c1-2-13-7-14-15(21-13)18-10-19(16(14)20)9-12-6-4-3-5-11(12)8-17/h3-7,10H,2,9H2,1H3. The van der Waals surface area contributed by atoms with Crippen molar-refractivity contribution in [3.63, 3.8) is 0 Å². The molecule has 4 nitrogen and oxygen atoms in total. The molecule has 0 saturated heterocycles. The molecule has 0 bridgehead atoms. The second-order valence-corrected chi connectivity index (χ2v) is 5.85. The lowest BCUT2D eigenvalue weighted by atomic mass is 10.1. The SMILES string of the molecule is CCc1cc2c(=O)n(Cc3ccccc3C#N)cnc2s1. The molecule has 5 heteroatoms. The Kier molecular flexibility index (Phi) is 3.55. The normalized spacial score (nSPS) is 10.7. The molecule has 0 N–H and O–H groups in total. The van der Waals surface area contributed by atoms with Gasteiger partial charge in [0.15, 0.2) is 0 Å². The summed E-state index contributed by atoms with van der Waals surface area (Å²) in [7, 11) is 0. The Balaban J connectivity index is 2.07. The average Bonchev–Trinajstić information content (AvgIpc) is 2.95. The molecule has 104 valence electrons. The molecule has 21 heavy (non-hydrogen) atoms. The molecule has 3 rings (SSSR count). The highest BCUT2D eigenvalue weighted by Crippen LogP contribution is 2.21. The minimum absolute atomic E-state index is 0.0521. The van der Waals surface area contributed by atoms with Crippen molar-refractivity contribution in [1.82, 2.24) is 9.55 Å². The molecule has 0 amide bonds. The number of aryl methyl sites for hydroxylation is 1. The fourth-order valence-corrected chi connectivity index (χ4v) is 3.17. The maximum atomic E-state index is 12.5. The van der Waals surface area contributed by atoms with Gasteiger partial charge in [0, 0.05) is 4.88 Å². The Morgan fingerprint density at radius 2 is 2.19 bits per heavy atom.